The van der Waals surface area contributed by atoms with Crippen molar-refractivity contribution in [2.75, 3.05) is 5.32 Å². The lowest BCUT2D eigenvalue weighted by molar-refractivity contribution is -0.123. The number of anilines is 1. The van der Waals surface area contributed by atoms with Crippen molar-refractivity contribution in [2.24, 2.45) is 5.41 Å². The van der Waals surface area contributed by atoms with E-state index in [9.17, 15) is 9.59 Å². The van der Waals surface area contributed by atoms with Crippen LogP contribution in [0.4, 0.5) is 5.69 Å². The molecule has 194 valence electrons. The lowest BCUT2D eigenvalue weighted by atomic mass is 9.95. The number of nitrogens with one attached hydrogen (secondary N) is 3. The molecule has 0 saturated heterocycles. The van der Waals surface area contributed by atoms with E-state index >= 15 is 0 Å². The average molecular weight is 536 g/mol. The van der Waals surface area contributed by atoms with E-state index in [0.29, 0.717) is 11.4 Å². The van der Waals surface area contributed by atoms with E-state index in [2.05, 4.69) is 35.5 Å². The smallest absolute Gasteiger partial charge is 0.229 e. The topological polar surface area (TPSA) is 129 Å². The molecule has 0 fully saturated rings. The Kier molecular flexibility index (Phi) is 5.84. The Morgan fingerprint density at radius 2 is 1.82 bits per heavy atom. The third kappa shape index (κ3) is 4.59. The molecule has 1 amide bonds. The van der Waals surface area contributed by atoms with E-state index in [1.165, 1.54) is 11.3 Å². The van der Waals surface area contributed by atoms with Crippen LogP contribution in [-0.2, 0) is 4.79 Å². The largest absolute Gasteiger partial charge is 0.338 e. The maximum Gasteiger partial charge on any atom is 0.229 e. The molecule has 0 atom stereocenters. The quantitative estimate of drug-likeness (QED) is 0.217. The first-order valence-corrected chi connectivity index (χ1v) is 13.2. The molecule has 6 rings (SSSR count). The first-order valence-electron chi connectivity index (χ1n) is 12.4. The van der Waals surface area contributed by atoms with Gasteiger partial charge in [-0.1, -0.05) is 20.8 Å². The van der Waals surface area contributed by atoms with Crippen molar-refractivity contribution < 1.29 is 9.59 Å². The number of aromatic amines is 2. The summed E-state index contributed by atoms with van der Waals surface area (Å²) in [5.41, 5.74) is 5.63. The van der Waals surface area contributed by atoms with Gasteiger partial charge in [-0.25, -0.2) is 4.98 Å². The molecule has 6 aromatic rings. The number of thiophene rings is 1. The van der Waals surface area contributed by atoms with Crippen molar-refractivity contribution in [3.05, 3.63) is 66.1 Å². The number of carbonyl (C=O) groups is 2. The van der Waals surface area contributed by atoms with Gasteiger partial charge >= 0.3 is 0 Å². The summed E-state index contributed by atoms with van der Waals surface area (Å²) in [4.78, 5) is 42.8. The van der Waals surface area contributed by atoms with Crippen molar-refractivity contribution in [1.82, 2.24) is 30.1 Å². The zero-order valence-corrected chi connectivity index (χ0v) is 22.6. The summed E-state index contributed by atoms with van der Waals surface area (Å²) in [6, 6.07) is 11.6. The van der Waals surface area contributed by atoms with Crippen LogP contribution in [0.15, 0.2) is 61.2 Å². The van der Waals surface area contributed by atoms with Crippen LogP contribution in [0, 0.1) is 5.41 Å². The first kappa shape index (κ1) is 24.6. The van der Waals surface area contributed by atoms with E-state index in [1.54, 1.807) is 31.7 Å². The lowest BCUT2D eigenvalue weighted by Crippen LogP contribution is -2.27. The summed E-state index contributed by atoms with van der Waals surface area (Å²) >= 11 is 1.47. The van der Waals surface area contributed by atoms with Gasteiger partial charge in [0.25, 0.3) is 0 Å². The van der Waals surface area contributed by atoms with E-state index < -0.39 is 5.41 Å². The fourth-order valence-corrected chi connectivity index (χ4v) is 5.23. The van der Waals surface area contributed by atoms with Gasteiger partial charge in [0, 0.05) is 44.6 Å². The Morgan fingerprint density at radius 3 is 2.59 bits per heavy atom. The van der Waals surface area contributed by atoms with Gasteiger partial charge in [-0.3, -0.25) is 24.7 Å². The Bertz CT molecular complexity index is 1890. The number of fused-ring (bicyclic) bond motifs is 2. The number of H-pyrrole nitrogens is 2. The Hall–Kier alpha value is -4.70. The fraction of sp³-hybridized carbons (Fsp3) is 0.172. The van der Waals surface area contributed by atoms with Gasteiger partial charge in [-0.05, 0) is 43.3 Å². The van der Waals surface area contributed by atoms with Gasteiger partial charge in [0.05, 0.1) is 39.9 Å². The molecule has 6 aromatic heterocycles. The summed E-state index contributed by atoms with van der Waals surface area (Å²) in [7, 11) is 0. The van der Waals surface area contributed by atoms with Crippen molar-refractivity contribution in [3.8, 4) is 33.1 Å². The number of hydrogen-bond acceptors (Lipinski definition) is 7. The van der Waals surface area contributed by atoms with Crippen LogP contribution in [0.5, 0.6) is 0 Å². The molecule has 0 aromatic carbocycles. The second-order valence-corrected chi connectivity index (χ2v) is 11.5. The maximum atomic E-state index is 12.5. The molecule has 0 bridgehead atoms. The molecular formula is C29H25N7O2S. The molecule has 0 radical (unpaired) electrons. The summed E-state index contributed by atoms with van der Waals surface area (Å²) in [5, 5.41) is 12.4. The SMILES string of the molecule is CC(=O)c1ccc(-c2ccnc3[nH]c(-c4n[nH]c5cnc(-c6cncc(NC(=O)C(C)(C)C)c6)cc45)cc23)s1. The molecule has 6 heterocycles. The fourth-order valence-electron chi connectivity index (χ4n) is 4.29. The van der Waals surface area contributed by atoms with E-state index in [4.69, 9.17) is 0 Å². The second kappa shape index (κ2) is 9.25. The number of ketones is 1. The molecule has 0 aliphatic rings. The molecule has 39 heavy (non-hydrogen) atoms. The third-order valence-electron chi connectivity index (χ3n) is 6.43. The molecule has 0 aliphatic carbocycles. The van der Waals surface area contributed by atoms with Crippen LogP contribution in [0.1, 0.15) is 37.4 Å². The number of hydrogen-bond donors (Lipinski definition) is 3. The van der Waals surface area contributed by atoms with Crippen LogP contribution < -0.4 is 5.32 Å². The van der Waals surface area contributed by atoms with Gasteiger partial charge in [0.2, 0.25) is 5.91 Å². The Labute approximate surface area is 227 Å². The van der Waals surface area contributed by atoms with Crippen LogP contribution in [0.25, 0.3) is 55.0 Å². The van der Waals surface area contributed by atoms with Crippen molar-refractivity contribution >= 4 is 50.7 Å². The zero-order valence-electron chi connectivity index (χ0n) is 21.8. The monoisotopic (exact) mass is 535 g/mol. The molecule has 0 spiro atoms. The molecule has 0 unspecified atom stereocenters. The molecular weight excluding hydrogens is 510 g/mol. The number of aromatic nitrogens is 6. The van der Waals surface area contributed by atoms with E-state index in [-0.39, 0.29) is 11.7 Å². The molecule has 9 nitrogen and oxygen atoms in total. The highest BCUT2D eigenvalue weighted by Gasteiger charge is 2.22. The maximum absolute atomic E-state index is 12.5. The normalized spacial score (nSPS) is 11.8. The number of amides is 1. The van der Waals surface area contributed by atoms with Crippen LogP contribution in [0.2, 0.25) is 0 Å². The number of rotatable bonds is 5. The van der Waals surface area contributed by atoms with Gasteiger partial charge in [0.1, 0.15) is 11.3 Å². The lowest BCUT2D eigenvalue weighted by Gasteiger charge is -2.17. The molecule has 0 aliphatic heterocycles. The van der Waals surface area contributed by atoms with E-state index in [0.717, 1.165) is 54.2 Å². The van der Waals surface area contributed by atoms with Gasteiger partial charge in [-0.15, -0.1) is 11.3 Å². The predicted molar refractivity (Wildman–Crippen MR) is 154 cm³/mol. The highest BCUT2D eigenvalue weighted by atomic mass is 32.1. The highest BCUT2D eigenvalue weighted by molar-refractivity contribution is 7.17. The number of carbonyl (C=O) groups excluding carboxylic acids is 2. The second-order valence-electron chi connectivity index (χ2n) is 10.4. The third-order valence-corrected chi connectivity index (χ3v) is 7.65. The summed E-state index contributed by atoms with van der Waals surface area (Å²) in [6.07, 6.45) is 6.84. The highest BCUT2D eigenvalue weighted by Crippen LogP contribution is 2.36. The summed E-state index contributed by atoms with van der Waals surface area (Å²) in [6.45, 7) is 7.16. The standard InChI is InChI=1S/C29H25N7O2S/c1-15(37)24-5-6-25(39-24)18-7-8-31-27-19(18)10-22(34-27)26-20-11-21(32-14-23(20)35-36-26)16-9-17(13-30-12-16)33-28(38)29(2,3)4/h5-14H,1-4H3,(H,31,34)(H,33,38)(H,35,36). The average Bonchev–Trinajstić information content (AvgIpc) is 3.65. The molecule has 0 saturated carbocycles. The minimum Gasteiger partial charge on any atom is -0.338 e. The number of pyridine rings is 3. The van der Waals surface area contributed by atoms with Crippen molar-refractivity contribution in [3.63, 3.8) is 0 Å². The van der Waals surface area contributed by atoms with Crippen LogP contribution in [0.3, 0.4) is 0 Å². The predicted octanol–water partition coefficient (Wildman–Crippen LogP) is 6.48. The summed E-state index contributed by atoms with van der Waals surface area (Å²) in [5.74, 6) is -0.0372. The van der Waals surface area contributed by atoms with E-state index in [1.807, 2.05) is 57.2 Å². The minimum absolute atomic E-state index is 0.0519. The number of Topliss-reactive ketones (excluding diaryl/α,β-unsaturated/α-hetero) is 1. The van der Waals surface area contributed by atoms with Crippen molar-refractivity contribution in [2.45, 2.75) is 27.7 Å². The Morgan fingerprint density at radius 1 is 0.974 bits per heavy atom. The van der Waals surface area contributed by atoms with Gasteiger partial charge < -0.3 is 10.3 Å². The molecule has 10 heteroatoms. The summed E-state index contributed by atoms with van der Waals surface area (Å²) < 4.78 is 0. The van der Waals surface area contributed by atoms with Crippen molar-refractivity contribution in [1.29, 1.82) is 0 Å². The minimum atomic E-state index is -0.521. The Balaban J connectivity index is 1.39. The van der Waals surface area contributed by atoms with Crippen LogP contribution >= 0.6 is 11.3 Å². The first-order chi connectivity index (χ1) is 18.7. The van der Waals surface area contributed by atoms with Gasteiger partial charge in [0.15, 0.2) is 5.78 Å². The molecule has 3 N–H and O–H groups in total. The number of nitrogens with zero attached hydrogens (tertiary/aromatic N) is 4. The zero-order chi connectivity index (χ0) is 27.3. The van der Waals surface area contributed by atoms with Crippen LogP contribution in [-0.4, -0.2) is 41.8 Å². The van der Waals surface area contributed by atoms with Gasteiger partial charge in [-0.2, -0.15) is 5.10 Å².